The number of carbonyl (C=O) groups is 1. The van der Waals surface area contributed by atoms with E-state index in [2.05, 4.69) is 19.2 Å². The number of nitrogens with zero attached hydrogens (tertiary/aromatic N) is 3. The number of benzene rings is 2. The number of Topliss-reactive ketones (excluding diaryl/α,β-unsaturated/α-hetero) is 1. The van der Waals surface area contributed by atoms with Gasteiger partial charge in [-0.1, -0.05) is 44.2 Å². The SMILES string of the molecule is COc1ccccc1-c1nc2n(n1)C(c1ccccc1OC)C1=C(CC(C)(C)CC1=O)N2. The summed E-state index contributed by atoms with van der Waals surface area (Å²) in [5.41, 5.74) is 3.20. The molecule has 0 radical (unpaired) electrons. The van der Waals surface area contributed by atoms with Crippen LogP contribution in [0.1, 0.15) is 38.3 Å². The highest BCUT2D eigenvalue weighted by atomic mass is 16.5. The second kappa shape index (κ2) is 7.51. The predicted molar refractivity (Wildman–Crippen MR) is 122 cm³/mol. The van der Waals surface area contributed by atoms with Crippen molar-refractivity contribution in [1.29, 1.82) is 0 Å². The normalized spacial score (nSPS) is 19.1. The lowest BCUT2D eigenvalue weighted by molar-refractivity contribution is -0.118. The van der Waals surface area contributed by atoms with Crippen LogP contribution in [0.3, 0.4) is 0 Å². The summed E-state index contributed by atoms with van der Waals surface area (Å²) in [6, 6.07) is 15.0. The van der Waals surface area contributed by atoms with E-state index in [4.69, 9.17) is 19.6 Å². The lowest BCUT2D eigenvalue weighted by atomic mass is 9.73. The molecule has 164 valence electrons. The van der Waals surface area contributed by atoms with Crippen LogP contribution < -0.4 is 14.8 Å². The summed E-state index contributed by atoms with van der Waals surface area (Å²) in [6.45, 7) is 4.24. The molecule has 1 aromatic heterocycles. The number of ether oxygens (including phenoxy) is 2. The summed E-state index contributed by atoms with van der Waals surface area (Å²) in [7, 11) is 3.27. The van der Waals surface area contributed by atoms with E-state index in [-0.39, 0.29) is 11.2 Å². The van der Waals surface area contributed by atoms with Crippen LogP contribution in [0.5, 0.6) is 11.5 Å². The van der Waals surface area contributed by atoms with Gasteiger partial charge in [0.1, 0.15) is 17.5 Å². The zero-order valence-corrected chi connectivity index (χ0v) is 18.7. The highest BCUT2D eigenvalue weighted by molar-refractivity contribution is 6.00. The Balaban J connectivity index is 1.72. The van der Waals surface area contributed by atoms with Gasteiger partial charge in [0, 0.05) is 23.3 Å². The van der Waals surface area contributed by atoms with E-state index >= 15 is 0 Å². The maximum Gasteiger partial charge on any atom is 0.226 e. The first-order valence-electron chi connectivity index (χ1n) is 10.7. The molecule has 0 bridgehead atoms. The highest BCUT2D eigenvalue weighted by Gasteiger charge is 2.42. The second-order valence-corrected chi connectivity index (χ2v) is 9.01. The van der Waals surface area contributed by atoms with Gasteiger partial charge in [0.25, 0.3) is 0 Å². The molecule has 0 spiro atoms. The summed E-state index contributed by atoms with van der Waals surface area (Å²) in [4.78, 5) is 18.2. The molecular weight excluding hydrogens is 404 g/mol. The minimum absolute atomic E-state index is 0.123. The Hall–Kier alpha value is -3.61. The molecule has 0 fully saturated rings. The number of fused-ring (bicyclic) bond motifs is 1. The van der Waals surface area contributed by atoms with E-state index in [1.54, 1.807) is 18.9 Å². The zero-order valence-electron chi connectivity index (χ0n) is 18.7. The number of hydrogen-bond donors (Lipinski definition) is 1. The maximum atomic E-state index is 13.4. The Labute approximate surface area is 187 Å². The highest BCUT2D eigenvalue weighted by Crippen LogP contribution is 2.47. The third kappa shape index (κ3) is 3.25. The second-order valence-electron chi connectivity index (χ2n) is 9.01. The summed E-state index contributed by atoms with van der Waals surface area (Å²) in [6.07, 6.45) is 1.25. The average molecular weight is 431 g/mol. The number of carbonyl (C=O) groups excluding carboxylic acids is 1. The molecule has 1 aliphatic carbocycles. The smallest absolute Gasteiger partial charge is 0.226 e. The van der Waals surface area contributed by atoms with Gasteiger partial charge in [0.2, 0.25) is 5.95 Å². The van der Waals surface area contributed by atoms with Crippen LogP contribution in [0.2, 0.25) is 0 Å². The number of hydrogen-bond acceptors (Lipinski definition) is 6. The van der Waals surface area contributed by atoms with Crippen LogP contribution >= 0.6 is 0 Å². The van der Waals surface area contributed by atoms with Crippen LogP contribution in [0.4, 0.5) is 5.95 Å². The van der Waals surface area contributed by atoms with Gasteiger partial charge in [0.05, 0.1) is 19.8 Å². The fraction of sp³-hybridized carbons (Fsp3) is 0.320. The lowest BCUT2D eigenvalue weighted by Crippen LogP contribution is -2.36. The number of nitrogens with one attached hydrogen (secondary N) is 1. The Kier molecular flexibility index (Phi) is 4.77. The topological polar surface area (TPSA) is 78.3 Å². The van der Waals surface area contributed by atoms with Crippen molar-refractivity contribution in [2.24, 2.45) is 5.41 Å². The van der Waals surface area contributed by atoms with Gasteiger partial charge in [0.15, 0.2) is 11.6 Å². The molecule has 1 unspecified atom stereocenters. The predicted octanol–water partition coefficient (Wildman–Crippen LogP) is 4.62. The van der Waals surface area contributed by atoms with Gasteiger partial charge < -0.3 is 14.8 Å². The van der Waals surface area contributed by atoms with Gasteiger partial charge in [-0.2, -0.15) is 4.98 Å². The Morgan fingerprint density at radius 2 is 1.69 bits per heavy atom. The number of allylic oxidation sites excluding steroid dienone is 2. The fourth-order valence-electron chi connectivity index (χ4n) is 4.73. The molecule has 1 atom stereocenters. The minimum atomic E-state index is -0.419. The first-order chi connectivity index (χ1) is 15.4. The van der Waals surface area contributed by atoms with Crippen molar-refractivity contribution in [2.45, 2.75) is 32.7 Å². The average Bonchev–Trinajstić information content (AvgIpc) is 3.20. The van der Waals surface area contributed by atoms with Crippen molar-refractivity contribution in [1.82, 2.24) is 14.8 Å². The minimum Gasteiger partial charge on any atom is -0.496 e. The van der Waals surface area contributed by atoms with Crippen molar-refractivity contribution in [2.75, 3.05) is 19.5 Å². The van der Waals surface area contributed by atoms with Gasteiger partial charge in [-0.15, -0.1) is 5.10 Å². The molecule has 0 saturated carbocycles. The standard InChI is InChI=1S/C25H26N4O3/c1-25(2)13-17-21(18(30)14-25)22(15-9-5-7-11-19(15)31-3)29-24(26-17)27-23(28-29)16-10-6-8-12-20(16)32-4/h5-12,22H,13-14H2,1-4H3,(H,26,27,28). The number of anilines is 1. The first kappa shape index (κ1) is 20.3. The van der Waals surface area contributed by atoms with Crippen LogP contribution in [0, 0.1) is 5.41 Å². The summed E-state index contributed by atoms with van der Waals surface area (Å²) >= 11 is 0. The lowest BCUT2D eigenvalue weighted by Gasteiger charge is -2.38. The monoisotopic (exact) mass is 430 g/mol. The number of ketones is 1. The molecule has 3 aromatic rings. The molecule has 1 aliphatic heterocycles. The van der Waals surface area contributed by atoms with Crippen LogP contribution in [-0.2, 0) is 4.79 Å². The summed E-state index contributed by atoms with van der Waals surface area (Å²) in [5, 5.41) is 8.26. The molecule has 2 heterocycles. The Morgan fingerprint density at radius 3 is 2.44 bits per heavy atom. The number of rotatable bonds is 4. The molecule has 7 nitrogen and oxygen atoms in total. The van der Waals surface area contributed by atoms with Crippen LogP contribution in [-0.4, -0.2) is 34.8 Å². The molecule has 0 saturated heterocycles. The van der Waals surface area contributed by atoms with Gasteiger partial charge >= 0.3 is 0 Å². The maximum absolute atomic E-state index is 13.4. The summed E-state index contributed by atoms with van der Waals surface area (Å²) < 4.78 is 13.0. The van der Waals surface area contributed by atoms with E-state index in [1.165, 1.54) is 0 Å². The van der Waals surface area contributed by atoms with Gasteiger partial charge in [-0.05, 0) is 30.0 Å². The van der Waals surface area contributed by atoms with Crippen LogP contribution in [0.15, 0.2) is 59.8 Å². The first-order valence-corrected chi connectivity index (χ1v) is 10.7. The van der Waals surface area contributed by atoms with Crippen molar-refractivity contribution in [3.8, 4) is 22.9 Å². The van der Waals surface area contributed by atoms with Gasteiger partial charge in [-0.3, -0.25) is 4.79 Å². The zero-order chi connectivity index (χ0) is 22.5. The Bertz CT molecular complexity index is 1240. The molecule has 7 heteroatoms. The Morgan fingerprint density at radius 1 is 1.00 bits per heavy atom. The molecule has 1 N–H and O–H groups in total. The van der Waals surface area contributed by atoms with Gasteiger partial charge in [-0.25, -0.2) is 4.68 Å². The third-order valence-corrected chi connectivity index (χ3v) is 6.11. The van der Waals surface area contributed by atoms with E-state index in [1.807, 2.05) is 48.5 Å². The third-order valence-electron chi connectivity index (χ3n) is 6.11. The fourth-order valence-corrected chi connectivity index (χ4v) is 4.73. The van der Waals surface area contributed by atoms with E-state index in [0.717, 1.165) is 28.8 Å². The number of para-hydroxylation sites is 2. The van der Waals surface area contributed by atoms with Crippen LogP contribution in [0.25, 0.3) is 11.4 Å². The molecule has 0 amide bonds. The summed E-state index contributed by atoms with van der Waals surface area (Å²) in [5.74, 6) is 2.67. The molecular formula is C25H26N4O3. The number of methoxy groups -OCH3 is 2. The van der Waals surface area contributed by atoms with E-state index in [0.29, 0.717) is 29.7 Å². The molecule has 32 heavy (non-hydrogen) atoms. The molecule has 2 aromatic carbocycles. The van der Waals surface area contributed by atoms with Crippen molar-refractivity contribution >= 4 is 11.7 Å². The number of aromatic nitrogens is 3. The molecule has 5 rings (SSSR count). The van der Waals surface area contributed by atoms with Crippen molar-refractivity contribution in [3.63, 3.8) is 0 Å². The van der Waals surface area contributed by atoms with E-state index in [9.17, 15) is 4.79 Å². The van der Waals surface area contributed by atoms with Crippen molar-refractivity contribution in [3.05, 3.63) is 65.4 Å². The largest absolute Gasteiger partial charge is 0.496 e. The molecule has 2 aliphatic rings. The van der Waals surface area contributed by atoms with Crippen molar-refractivity contribution < 1.29 is 14.3 Å². The quantitative estimate of drug-likeness (QED) is 0.651. The van der Waals surface area contributed by atoms with E-state index < -0.39 is 6.04 Å².